The summed E-state index contributed by atoms with van der Waals surface area (Å²) in [6.07, 6.45) is 2.72. The van der Waals surface area contributed by atoms with E-state index in [9.17, 15) is 0 Å². The first-order valence-corrected chi connectivity index (χ1v) is 6.12. The Morgan fingerprint density at radius 1 is 1.57 bits per heavy atom. The molecule has 0 spiro atoms. The summed E-state index contributed by atoms with van der Waals surface area (Å²) in [6.45, 7) is 5.01. The third-order valence-electron chi connectivity index (χ3n) is 2.42. The molecule has 1 N–H and O–H groups in total. The van der Waals surface area contributed by atoms with Crippen LogP contribution in [0.15, 0.2) is 12.1 Å². The number of hydrogen-bond donors (Lipinski definition) is 1. The quantitative estimate of drug-likeness (QED) is 0.828. The van der Waals surface area contributed by atoms with Crippen LogP contribution in [0, 0.1) is 0 Å². The summed E-state index contributed by atoms with van der Waals surface area (Å²) in [5.41, 5.74) is 0. The van der Waals surface area contributed by atoms with Gasteiger partial charge in [0.2, 0.25) is 0 Å². The van der Waals surface area contributed by atoms with E-state index in [1.54, 1.807) is 0 Å². The molecule has 1 aromatic rings. The van der Waals surface area contributed by atoms with Crippen molar-refractivity contribution in [3.8, 4) is 0 Å². The Morgan fingerprint density at radius 3 is 3.21 bits per heavy atom. The number of ether oxygens (including phenoxy) is 1. The van der Waals surface area contributed by atoms with Crippen LogP contribution < -0.4 is 5.32 Å². The fourth-order valence-electron chi connectivity index (χ4n) is 1.70. The van der Waals surface area contributed by atoms with Crippen LogP contribution >= 0.6 is 11.3 Å². The molecular weight excluding hydrogens is 194 g/mol. The predicted octanol–water partition coefficient (Wildman–Crippen LogP) is 2.36. The van der Waals surface area contributed by atoms with Crippen molar-refractivity contribution in [3.05, 3.63) is 21.9 Å². The molecule has 0 amide bonds. The van der Waals surface area contributed by atoms with Crippen LogP contribution in [-0.4, -0.2) is 19.7 Å². The van der Waals surface area contributed by atoms with Crippen LogP contribution in [-0.2, 0) is 11.2 Å². The minimum absolute atomic E-state index is 0.291. The number of nitrogens with one attached hydrogen (secondary N) is 1. The average Bonchev–Trinajstić information content (AvgIpc) is 2.68. The molecule has 0 radical (unpaired) electrons. The SMILES string of the molecule is CCCc1ccc(C2CNCCO2)s1. The molecule has 3 heteroatoms. The van der Waals surface area contributed by atoms with Gasteiger partial charge in [-0.2, -0.15) is 0 Å². The Balaban J connectivity index is 2.00. The largest absolute Gasteiger partial charge is 0.370 e. The normalized spacial score (nSPS) is 22.5. The molecule has 1 unspecified atom stereocenters. The molecule has 1 aromatic heterocycles. The molecule has 1 saturated heterocycles. The summed E-state index contributed by atoms with van der Waals surface area (Å²) < 4.78 is 5.70. The minimum atomic E-state index is 0.291. The standard InChI is InChI=1S/C11H17NOS/c1-2-3-9-4-5-11(14-9)10-8-12-6-7-13-10/h4-5,10,12H,2-3,6-8H2,1H3. The van der Waals surface area contributed by atoms with Gasteiger partial charge in [-0.05, 0) is 18.6 Å². The Kier molecular flexibility index (Phi) is 3.56. The van der Waals surface area contributed by atoms with Gasteiger partial charge in [-0.25, -0.2) is 0 Å². The third kappa shape index (κ3) is 2.35. The van der Waals surface area contributed by atoms with E-state index in [0.29, 0.717) is 6.10 Å². The molecule has 0 aliphatic carbocycles. The van der Waals surface area contributed by atoms with Crippen molar-refractivity contribution in [2.45, 2.75) is 25.9 Å². The second kappa shape index (κ2) is 4.91. The minimum Gasteiger partial charge on any atom is -0.370 e. The summed E-state index contributed by atoms with van der Waals surface area (Å²) in [5.74, 6) is 0. The van der Waals surface area contributed by atoms with Crippen molar-refractivity contribution < 1.29 is 4.74 Å². The molecular formula is C11H17NOS. The average molecular weight is 211 g/mol. The van der Waals surface area contributed by atoms with Gasteiger partial charge in [-0.3, -0.25) is 0 Å². The molecule has 2 rings (SSSR count). The van der Waals surface area contributed by atoms with Gasteiger partial charge in [0.25, 0.3) is 0 Å². The van der Waals surface area contributed by atoms with Gasteiger partial charge in [-0.1, -0.05) is 13.3 Å². The second-order valence-electron chi connectivity index (χ2n) is 3.62. The van der Waals surface area contributed by atoms with E-state index < -0.39 is 0 Å². The summed E-state index contributed by atoms with van der Waals surface area (Å²) in [4.78, 5) is 2.86. The molecule has 2 nitrogen and oxygen atoms in total. The van der Waals surface area contributed by atoms with Gasteiger partial charge in [0.05, 0.1) is 6.61 Å². The van der Waals surface area contributed by atoms with E-state index in [-0.39, 0.29) is 0 Å². The lowest BCUT2D eigenvalue weighted by Gasteiger charge is -2.22. The zero-order chi connectivity index (χ0) is 9.80. The number of hydrogen-bond acceptors (Lipinski definition) is 3. The molecule has 0 aromatic carbocycles. The molecule has 2 heterocycles. The Hall–Kier alpha value is -0.380. The van der Waals surface area contributed by atoms with Gasteiger partial charge >= 0.3 is 0 Å². The molecule has 1 aliphatic heterocycles. The van der Waals surface area contributed by atoms with E-state index >= 15 is 0 Å². The smallest absolute Gasteiger partial charge is 0.104 e. The highest BCUT2D eigenvalue weighted by atomic mass is 32.1. The lowest BCUT2D eigenvalue weighted by Crippen LogP contribution is -2.32. The van der Waals surface area contributed by atoms with Crippen LogP contribution in [0.2, 0.25) is 0 Å². The van der Waals surface area contributed by atoms with Crippen molar-refractivity contribution in [2.75, 3.05) is 19.7 Å². The Labute approximate surface area is 89.3 Å². The van der Waals surface area contributed by atoms with E-state index in [1.807, 2.05) is 11.3 Å². The monoisotopic (exact) mass is 211 g/mol. The molecule has 14 heavy (non-hydrogen) atoms. The lowest BCUT2D eigenvalue weighted by molar-refractivity contribution is 0.0299. The maximum Gasteiger partial charge on any atom is 0.104 e. The van der Waals surface area contributed by atoms with Gasteiger partial charge < -0.3 is 10.1 Å². The molecule has 1 fully saturated rings. The van der Waals surface area contributed by atoms with Crippen molar-refractivity contribution in [1.29, 1.82) is 0 Å². The molecule has 78 valence electrons. The van der Waals surface area contributed by atoms with Gasteiger partial charge in [-0.15, -0.1) is 11.3 Å². The van der Waals surface area contributed by atoms with Crippen molar-refractivity contribution >= 4 is 11.3 Å². The van der Waals surface area contributed by atoms with Crippen LogP contribution in [0.3, 0.4) is 0 Å². The van der Waals surface area contributed by atoms with Crippen molar-refractivity contribution in [1.82, 2.24) is 5.32 Å². The first-order chi connectivity index (χ1) is 6.90. The van der Waals surface area contributed by atoms with E-state index in [1.165, 1.54) is 22.6 Å². The molecule has 1 atom stereocenters. The summed E-state index contributed by atoms with van der Waals surface area (Å²) >= 11 is 1.90. The van der Waals surface area contributed by atoms with Crippen LogP contribution in [0.25, 0.3) is 0 Å². The summed E-state index contributed by atoms with van der Waals surface area (Å²) in [5, 5.41) is 3.36. The van der Waals surface area contributed by atoms with E-state index in [4.69, 9.17) is 4.74 Å². The van der Waals surface area contributed by atoms with E-state index in [2.05, 4.69) is 24.4 Å². The highest BCUT2D eigenvalue weighted by molar-refractivity contribution is 7.12. The predicted molar refractivity (Wildman–Crippen MR) is 59.9 cm³/mol. The zero-order valence-corrected chi connectivity index (χ0v) is 9.40. The molecule has 0 saturated carbocycles. The fourth-order valence-corrected chi connectivity index (χ4v) is 2.86. The van der Waals surface area contributed by atoms with Gasteiger partial charge in [0.15, 0.2) is 0 Å². The Morgan fingerprint density at radius 2 is 2.50 bits per heavy atom. The first-order valence-electron chi connectivity index (χ1n) is 5.31. The number of rotatable bonds is 3. The van der Waals surface area contributed by atoms with Crippen molar-refractivity contribution in [3.63, 3.8) is 0 Å². The number of thiophene rings is 1. The summed E-state index contributed by atoms with van der Waals surface area (Å²) in [6, 6.07) is 4.45. The Bertz CT molecular complexity index is 279. The topological polar surface area (TPSA) is 21.3 Å². The maximum atomic E-state index is 5.70. The zero-order valence-electron chi connectivity index (χ0n) is 8.58. The van der Waals surface area contributed by atoms with Crippen LogP contribution in [0.5, 0.6) is 0 Å². The van der Waals surface area contributed by atoms with Gasteiger partial charge in [0, 0.05) is 22.8 Å². The second-order valence-corrected chi connectivity index (χ2v) is 4.82. The maximum absolute atomic E-state index is 5.70. The van der Waals surface area contributed by atoms with Crippen LogP contribution in [0.4, 0.5) is 0 Å². The summed E-state index contributed by atoms with van der Waals surface area (Å²) in [7, 11) is 0. The first kappa shape index (κ1) is 10.1. The number of aryl methyl sites for hydroxylation is 1. The molecule has 0 bridgehead atoms. The lowest BCUT2D eigenvalue weighted by atomic mass is 10.2. The molecule has 1 aliphatic rings. The van der Waals surface area contributed by atoms with Crippen molar-refractivity contribution in [2.24, 2.45) is 0 Å². The van der Waals surface area contributed by atoms with E-state index in [0.717, 1.165) is 19.7 Å². The third-order valence-corrected chi connectivity index (χ3v) is 3.66. The highest BCUT2D eigenvalue weighted by Crippen LogP contribution is 2.27. The number of morpholine rings is 1. The van der Waals surface area contributed by atoms with Crippen LogP contribution in [0.1, 0.15) is 29.2 Å². The van der Waals surface area contributed by atoms with Gasteiger partial charge in [0.1, 0.15) is 6.10 Å². The fraction of sp³-hybridized carbons (Fsp3) is 0.636. The highest BCUT2D eigenvalue weighted by Gasteiger charge is 2.17.